The number of hydrogen-bond donors (Lipinski definition) is 1. The van der Waals surface area contributed by atoms with Gasteiger partial charge in [-0.05, 0) is 48.7 Å². The lowest BCUT2D eigenvalue weighted by Crippen LogP contribution is -2.17. The van der Waals surface area contributed by atoms with Crippen LogP contribution in [0.1, 0.15) is 43.0 Å². The van der Waals surface area contributed by atoms with Crippen LogP contribution in [0.2, 0.25) is 0 Å². The molecule has 3 aromatic carbocycles. The van der Waals surface area contributed by atoms with Crippen molar-refractivity contribution in [2.75, 3.05) is 0 Å². The average Bonchev–Trinajstić information content (AvgIpc) is 2.73. The summed E-state index contributed by atoms with van der Waals surface area (Å²) in [5, 5.41) is 3.98. The predicted octanol–water partition coefficient (Wildman–Crippen LogP) is 4.96. The maximum Gasteiger partial charge on any atom is 0.271 e. The number of benzene rings is 3. The van der Waals surface area contributed by atoms with Gasteiger partial charge in [-0.15, -0.1) is 0 Å². The van der Waals surface area contributed by atoms with Crippen molar-refractivity contribution in [1.82, 2.24) is 5.43 Å². The van der Waals surface area contributed by atoms with Gasteiger partial charge in [0.25, 0.3) is 5.91 Å². The van der Waals surface area contributed by atoms with Gasteiger partial charge in [-0.3, -0.25) is 9.59 Å². The second-order valence-corrected chi connectivity index (χ2v) is 6.75. The largest absolute Gasteiger partial charge is 0.289 e. The number of carbonyl (C=O) groups is 2. The molecule has 3 rings (SSSR count). The first-order chi connectivity index (χ1) is 14.0. The summed E-state index contributed by atoms with van der Waals surface area (Å²) in [5.41, 5.74) is 7.64. The number of aryl methyl sites for hydroxylation is 2. The number of hydrazone groups is 1. The third-order valence-electron chi connectivity index (χ3n) is 4.43. The number of carbonyl (C=O) groups excluding carboxylic acids is 2. The number of rotatable bonds is 6. The summed E-state index contributed by atoms with van der Waals surface area (Å²) in [6.45, 7) is 3.95. The van der Waals surface area contributed by atoms with Crippen molar-refractivity contribution in [3.63, 3.8) is 0 Å². The third-order valence-corrected chi connectivity index (χ3v) is 4.43. The van der Waals surface area contributed by atoms with E-state index in [0.717, 1.165) is 22.3 Å². The van der Waals surface area contributed by atoms with Crippen LogP contribution in [-0.4, -0.2) is 17.9 Å². The lowest BCUT2D eigenvalue weighted by Gasteiger charge is -2.03. The van der Waals surface area contributed by atoms with Crippen molar-refractivity contribution >= 4 is 24.0 Å². The Bertz CT molecular complexity index is 1070. The fourth-order valence-corrected chi connectivity index (χ4v) is 2.86. The Morgan fingerprint density at radius 1 is 0.862 bits per heavy atom. The van der Waals surface area contributed by atoms with Crippen LogP contribution in [0, 0.1) is 13.8 Å². The molecule has 0 aliphatic carbocycles. The van der Waals surface area contributed by atoms with E-state index in [9.17, 15) is 9.59 Å². The van der Waals surface area contributed by atoms with Crippen molar-refractivity contribution in [2.45, 2.75) is 13.8 Å². The third kappa shape index (κ3) is 5.59. The van der Waals surface area contributed by atoms with E-state index in [1.54, 1.807) is 42.6 Å². The summed E-state index contributed by atoms with van der Waals surface area (Å²) in [6.07, 6.45) is 4.95. The molecule has 1 N–H and O–H groups in total. The molecule has 0 fully saturated rings. The molecule has 144 valence electrons. The summed E-state index contributed by atoms with van der Waals surface area (Å²) >= 11 is 0. The second-order valence-electron chi connectivity index (χ2n) is 6.75. The zero-order valence-corrected chi connectivity index (χ0v) is 16.4. The first kappa shape index (κ1) is 20.0. The number of hydrogen-bond acceptors (Lipinski definition) is 3. The topological polar surface area (TPSA) is 58.5 Å². The summed E-state index contributed by atoms with van der Waals surface area (Å²) in [7, 11) is 0. The van der Waals surface area contributed by atoms with Gasteiger partial charge < -0.3 is 0 Å². The Hall–Kier alpha value is -3.79. The number of amides is 1. The normalized spacial score (nSPS) is 11.1. The first-order valence-electron chi connectivity index (χ1n) is 9.31. The van der Waals surface area contributed by atoms with E-state index in [2.05, 4.69) is 10.5 Å². The fraction of sp³-hybridized carbons (Fsp3) is 0.0800. The van der Waals surface area contributed by atoms with Crippen LogP contribution < -0.4 is 5.43 Å². The molecule has 3 aromatic rings. The minimum absolute atomic E-state index is 0.0169. The van der Waals surface area contributed by atoms with Gasteiger partial charge in [0.05, 0.1) is 6.21 Å². The van der Waals surface area contributed by atoms with Gasteiger partial charge in [0.1, 0.15) is 0 Å². The van der Waals surface area contributed by atoms with Gasteiger partial charge in [0.2, 0.25) is 0 Å². The lowest BCUT2D eigenvalue weighted by atomic mass is 10.0. The molecular formula is C25H22N2O2. The molecule has 0 spiro atoms. The first-order valence-corrected chi connectivity index (χ1v) is 9.31. The van der Waals surface area contributed by atoms with Gasteiger partial charge in [-0.1, -0.05) is 72.3 Å². The van der Waals surface area contributed by atoms with Gasteiger partial charge in [-0.25, -0.2) is 5.43 Å². The highest BCUT2D eigenvalue weighted by molar-refractivity contribution is 6.07. The Kier molecular flexibility index (Phi) is 6.48. The zero-order chi connectivity index (χ0) is 20.6. The van der Waals surface area contributed by atoms with Crippen molar-refractivity contribution in [2.24, 2.45) is 5.10 Å². The van der Waals surface area contributed by atoms with Crippen molar-refractivity contribution in [3.05, 3.63) is 112 Å². The Labute approximate surface area is 170 Å². The van der Waals surface area contributed by atoms with E-state index in [0.29, 0.717) is 11.1 Å². The molecule has 0 aromatic heterocycles. The molecule has 0 aliphatic rings. The second kappa shape index (κ2) is 9.42. The molecule has 0 bridgehead atoms. The molecule has 0 aliphatic heterocycles. The van der Waals surface area contributed by atoms with Crippen molar-refractivity contribution < 1.29 is 9.59 Å². The molecule has 0 saturated carbocycles. The molecule has 4 heteroatoms. The van der Waals surface area contributed by atoms with Crippen LogP contribution in [-0.2, 0) is 0 Å². The highest BCUT2D eigenvalue weighted by atomic mass is 16.2. The molecule has 0 unspecified atom stereocenters. The Morgan fingerprint density at radius 3 is 2.24 bits per heavy atom. The van der Waals surface area contributed by atoms with E-state index in [1.165, 1.54) is 0 Å². The molecular weight excluding hydrogens is 360 g/mol. The zero-order valence-electron chi connectivity index (χ0n) is 16.4. The van der Waals surface area contributed by atoms with Crippen LogP contribution in [0.15, 0.2) is 84.0 Å². The van der Waals surface area contributed by atoms with E-state index in [-0.39, 0.29) is 11.7 Å². The van der Waals surface area contributed by atoms with Gasteiger partial charge >= 0.3 is 0 Å². The molecule has 4 nitrogen and oxygen atoms in total. The maximum atomic E-state index is 12.4. The summed E-state index contributed by atoms with van der Waals surface area (Å²) in [6, 6.07) is 22.3. The van der Waals surface area contributed by atoms with Crippen LogP contribution in [0.3, 0.4) is 0 Å². The SMILES string of the molecule is Cc1ccc(C(=O)/C=C/c2ccc(/C=N/NC(=O)c3ccccc3)cc2)c(C)c1. The number of nitrogens with one attached hydrogen (secondary N) is 1. The van der Waals surface area contributed by atoms with Gasteiger partial charge in [0.15, 0.2) is 5.78 Å². The number of allylic oxidation sites excluding steroid dienone is 1. The quantitative estimate of drug-likeness (QED) is 0.283. The highest BCUT2D eigenvalue weighted by Crippen LogP contribution is 2.13. The summed E-state index contributed by atoms with van der Waals surface area (Å²) in [4.78, 5) is 24.3. The van der Waals surface area contributed by atoms with E-state index in [4.69, 9.17) is 0 Å². The fourth-order valence-electron chi connectivity index (χ4n) is 2.86. The summed E-state index contributed by atoms with van der Waals surface area (Å²) < 4.78 is 0. The monoisotopic (exact) mass is 382 g/mol. The summed E-state index contributed by atoms with van der Waals surface area (Å²) in [5.74, 6) is -0.275. The van der Waals surface area contributed by atoms with Crippen molar-refractivity contribution in [1.29, 1.82) is 0 Å². The maximum absolute atomic E-state index is 12.4. The van der Waals surface area contributed by atoms with E-state index < -0.39 is 0 Å². The van der Waals surface area contributed by atoms with Crippen molar-refractivity contribution in [3.8, 4) is 0 Å². The number of nitrogens with zero attached hydrogens (tertiary/aromatic N) is 1. The van der Waals surface area contributed by atoms with Gasteiger partial charge in [0, 0.05) is 11.1 Å². The molecule has 0 heterocycles. The average molecular weight is 382 g/mol. The molecule has 0 radical (unpaired) electrons. The van der Waals surface area contributed by atoms with Crippen LogP contribution >= 0.6 is 0 Å². The minimum Gasteiger partial charge on any atom is -0.289 e. The molecule has 29 heavy (non-hydrogen) atoms. The smallest absolute Gasteiger partial charge is 0.271 e. The van der Waals surface area contributed by atoms with Crippen LogP contribution in [0.5, 0.6) is 0 Å². The standard InChI is InChI=1S/C25H22N2O2/c1-18-8-14-23(19(2)16-18)24(28)15-13-20-9-11-21(12-10-20)17-26-27-25(29)22-6-4-3-5-7-22/h3-17H,1-2H3,(H,27,29)/b15-13+,26-17+. The lowest BCUT2D eigenvalue weighted by molar-refractivity contribution is 0.0954. The highest BCUT2D eigenvalue weighted by Gasteiger charge is 2.05. The number of ketones is 1. The Morgan fingerprint density at radius 2 is 1.55 bits per heavy atom. The van der Waals surface area contributed by atoms with Crippen LogP contribution in [0.25, 0.3) is 6.08 Å². The predicted molar refractivity (Wildman–Crippen MR) is 117 cm³/mol. The Balaban J connectivity index is 1.59. The van der Waals surface area contributed by atoms with Crippen LogP contribution in [0.4, 0.5) is 0 Å². The van der Waals surface area contributed by atoms with E-state index in [1.807, 2.05) is 62.4 Å². The van der Waals surface area contributed by atoms with Gasteiger partial charge in [-0.2, -0.15) is 5.10 Å². The minimum atomic E-state index is -0.258. The molecule has 0 atom stereocenters. The van der Waals surface area contributed by atoms with E-state index >= 15 is 0 Å². The molecule has 1 amide bonds. The molecule has 0 saturated heterocycles.